The molecule has 2 N–H and O–H groups in total. The van der Waals surface area contributed by atoms with E-state index in [1.807, 2.05) is 45.0 Å². The van der Waals surface area contributed by atoms with Crippen LogP contribution in [-0.2, 0) is 9.59 Å². The van der Waals surface area contributed by atoms with Crippen molar-refractivity contribution in [2.24, 2.45) is 0 Å². The molecule has 1 aromatic carbocycles. The second-order valence-electron chi connectivity index (χ2n) is 6.15. The molecule has 1 heterocycles. The number of thioether (sulfide) groups is 1. The van der Waals surface area contributed by atoms with E-state index in [2.05, 4.69) is 10.2 Å². The van der Waals surface area contributed by atoms with Gasteiger partial charge in [0.15, 0.2) is 5.82 Å². The first-order valence-electron chi connectivity index (χ1n) is 8.79. The quantitative estimate of drug-likeness (QED) is 0.540. The summed E-state index contributed by atoms with van der Waals surface area (Å²) in [6, 6.07) is 7.80. The molecule has 8 nitrogen and oxygen atoms in total. The molecule has 0 unspecified atom stereocenters. The fourth-order valence-electron chi connectivity index (χ4n) is 2.48. The van der Waals surface area contributed by atoms with Gasteiger partial charge in [-0.3, -0.25) is 9.59 Å². The number of amides is 2. The van der Waals surface area contributed by atoms with Crippen molar-refractivity contribution in [3.8, 4) is 11.4 Å². The maximum atomic E-state index is 12.3. The van der Waals surface area contributed by atoms with E-state index in [1.54, 1.807) is 11.9 Å². The van der Waals surface area contributed by atoms with Crippen LogP contribution >= 0.6 is 11.8 Å². The minimum atomic E-state index is -0.166. The third-order valence-corrected chi connectivity index (χ3v) is 5.14. The van der Waals surface area contributed by atoms with E-state index in [0.717, 1.165) is 11.1 Å². The molecule has 0 radical (unpaired) electrons. The highest BCUT2D eigenvalue weighted by Crippen LogP contribution is 2.22. The number of aryl methyl sites for hydroxylation is 1. The maximum absolute atomic E-state index is 12.3. The molecule has 0 saturated carbocycles. The van der Waals surface area contributed by atoms with Gasteiger partial charge in [0.1, 0.15) is 0 Å². The van der Waals surface area contributed by atoms with Crippen LogP contribution in [0, 0.1) is 6.92 Å². The highest BCUT2D eigenvalue weighted by atomic mass is 32.2. The van der Waals surface area contributed by atoms with Gasteiger partial charge in [0.05, 0.1) is 12.3 Å². The Morgan fingerprint density at radius 3 is 2.33 bits per heavy atom. The lowest BCUT2D eigenvalue weighted by Gasteiger charge is -2.23. The first-order chi connectivity index (χ1) is 12.9. The van der Waals surface area contributed by atoms with Gasteiger partial charge >= 0.3 is 0 Å². The van der Waals surface area contributed by atoms with Gasteiger partial charge in [-0.1, -0.05) is 41.6 Å². The van der Waals surface area contributed by atoms with E-state index < -0.39 is 0 Å². The second kappa shape index (κ2) is 9.40. The summed E-state index contributed by atoms with van der Waals surface area (Å²) in [7, 11) is 1.62. The molecule has 0 aliphatic rings. The van der Waals surface area contributed by atoms with E-state index >= 15 is 0 Å². The summed E-state index contributed by atoms with van der Waals surface area (Å²) in [6.45, 7) is 7.16. The van der Waals surface area contributed by atoms with Crippen molar-refractivity contribution < 1.29 is 9.59 Å². The lowest BCUT2D eigenvalue weighted by molar-refractivity contribution is -0.137. The number of nitrogens with zero attached hydrogens (tertiary/aromatic N) is 5. The number of nitrogen functional groups attached to an aromatic ring is 1. The number of rotatable bonds is 8. The molecule has 9 heteroatoms. The second-order valence-corrected chi connectivity index (χ2v) is 7.09. The minimum absolute atomic E-state index is 0.0605. The van der Waals surface area contributed by atoms with Crippen LogP contribution in [0.2, 0.25) is 0 Å². The topological polar surface area (TPSA) is 97.4 Å². The highest BCUT2D eigenvalue weighted by molar-refractivity contribution is 7.99. The maximum Gasteiger partial charge on any atom is 0.242 e. The van der Waals surface area contributed by atoms with Gasteiger partial charge in [0.2, 0.25) is 17.0 Å². The summed E-state index contributed by atoms with van der Waals surface area (Å²) >= 11 is 1.20. The summed E-state index contributed by atoms with van der Waals surface area (Å²) < 4.78 is 1.38. The van der Waals surface area contributed by atoms with Crippen LogP contribution in [0.25, 0.3) is 11.4 Å². The third kappa shape index (κ3) is 5.22. The van der Waals surface area contributed by atoms with Gasteiger partial charge in [-0.2, -0.15) is 0 Å². The highest BCUT2D eigenvalue weighted by Gasteiger charge is 2.18. The molecule has 0 aliphatic heterocycles. The molecule has 0 bridgehead atoms. The lowest BCUT2D eigenvalue weighted by atomic mass is 10.1. The Balaban J connectivity index is 1.95. The van der Waals surface area contributed by atoms with Crippen LogP contribution in [-0.4, -0.2) is 68.9 Å². The molecule has 0 aliphatic carbocycles. The standard InChI is InChI=1S/C18H26N6O2S/c1-5-23(6-2)15(25)11-22(4)16(26)12-27-18-21-20-17(24(18)19)14-9-7-13(3)8-10-14/h7-10H,5-6,11-12,19H2,1-4H3. The number of hydrogen-bond acceptors (Lipinski definition) is 6. The summed E-state index contributed by atoms with van der Waals surface area (Å²) in [5, 5.41) is 8.63. The first-order valence-corrected chi connectivity index (χ1v) is 9.78. The summed E-state index contributed by atoms with van der Waals surface area (Å²) in [4.78, 5) is 27.5. The molecule has 2 amide bonds. The number of hydrogen-bond donors (Lipinski definition) is 1. The van der Waals surface area contributed by atoms with Crippen molar-refractivity contribution in [3.05, 3.63) is 29.8 Å². The Labute approximate surface area is 163 Å². The fourth-order valence-corrected chi connectivity index (χ4v) is 3.28. The monoisotopic (exact) mass is 390 g/mol. The van der Waals surface area contributed by atoms with Crippen molar-refractivity contribution in [2.75, 3.05) is 38.3 Å². The number of benzene rings is 1. The molecular weight excluding hydrogens is 364 g/mol. The molecule has 1 aromatic heterocycles. The fraction of sp³-hybridized carbons (Fsp3) is 0.444. The Hall–Kier alpha value is -2.55. The van der Waals surface area contributed by atoms with Gasteiger partial charge in [-0.05, 0) is 20.8 Å². The van der Waals surface area contributed by atoms with E-state index in [1.165, 1.54) is 21.3 Å². The van der Waals surface area contributed by atoms with Gasteiger partial charge in [-0.15, -0.1) is 10.2 Å². The predicted octanol–water partition coefficient (Wildman–Crippen LogP) is 1.39. The molecular formula is C18H26N6O2S. The molecule has 0 atom stereocenters. The van der Waals surface area contributed by atoms with E-state index in [9.17, 15) is 9.59 Å². The van der Waals surface area contributed by atoms with Gasteiger partial charge in [0, 0.05) is 25.7 Å². The zero-order valence-electron chi connectivity index (χ0n) is 16.2. The van der Waals surface area contributed by atoms with Crippen LogP contribution in [0.5, 0.6) is 0 Å². The molecule has 146 valence electrons. The molecule has 27 heavy (non-hydrogen) atoms. The lowest BCUT2D eigenvalue weighted by Crippen LogP contribution is -2.41. The summed E-state index contributed by atoms with van der Waals surface area (Å²) in [5.74, 6) is 6.51. The number of likely N-dealkylation sites (N-methyl/N-ethyl adjacent to an activating group) is 2. The SMILES string of the molecule is CCN(CC)C(=O)CN(C)C(=O)CSc1nnc(-c2ccc(C)cc2)n1N. The third-order valence-electron chi connectivity index (χ3n) is 4.21. The molecule has 0 spiro atoms. The molecule has 2 rings (SSSR count). The van der Waals surface area contributed by atoms with Gasteiger partial charge in [-0.25, -0.2) is 4.68 Å². The van der Waals surface area contributed by atoms with Crippen molar-refractivity contribution in [2.45, 2.75) is 25.9 Å². The number of carbonyl (C=O) groups excluding carboxylic acids is 2. The summed E-state index contributed by atoms with van der Waals surface area (Å²) in [5.41, 5.74) is 2.00. The van der Waals surface area contributed by atoms with Crippen molar-refractivity contribution in [1.82, 2.24) is 24.7 Å². The Morgan fingerprint density at radius 2 is 1.74 bits per heavy atom. The average Bonchev–Trinajstić information content (AvgIpc) is 3.02. The van der Waals surface area contributed by atoms with Gasteiger partial charge in [0.25, 0.3) is 0 Å². The normalized spacial score (nSPS) is 10.7. The van der Waals surface area contributed by atoms with Crippen molar-refractivity contribution in [1.29, 1.82) is 0 Å². The number of carbonyl (C=O) groups is 2. The Bertz CT molecular complexity index is 786. The predicted molar refractivity (Wildman–Crippen MR) is 107 cm³/mol. The molecule has 2 aromatic rings. The van der Waals surface area contributed by atoms with E-state index in [-0.39, 0.29) is 24.1 Å². The summed E-state index contributed by atoms with van der Waals surface area (Å²) in [6.07, 6.45) is 0. The van der Waals surface area contributed by atoms with Crippen LogP contribution in [0.15, 0.2) is 29.4 Å². The smallest absolute Gasteiger partial charge is 0.242 e. The van der Waals surface area contributed by atoms with Crippen molar-refractivity contribution >= 4 is 23.6 Å². The number of nitrogens with two attached hydrogens (primary N) is 1. The molecule has 0 fully saturated rings. The minimum Gasteiger partial charge on any atom is -0.342 e. The average molecular weight is 391 g/mol. The van der Waals surface area contributed by atoms with E-state index in [0.29, 0.717) is 24.1 Å². The Morgan fingerprint density at radius 1 is 1.11 bits per heavy atom. The van der Waals surface area contributed by atoms with Crippen LogP contribution in [0.3, 0.4) is 0 Å². The Kier molecular flexibility index (Phi) is 7.23. The zero-order valence-corrected chi connectivity index (χ0v) is 17.0. The van der Waals surface area contributed by atoms with Crippen LogP contribution < -0.4 is 5.84 Å². The van der Waals surface area contributed by atoms with Crippen molar-refractivity contribution in [3.63, 3.8) is 0 Å². The van der Waals surface area contributed by atoms with Crippen LogP contribution in [0.4, 0.5) is 0 Å². The largest absolute Gasteiger partial charge is 0.342 e. The van der Waals surface area contributed by atoms with E-state index in [4.69, 9.17) is 5.84 Å². The van der Waals surface area contributed by atoms with Gasteiger partial charge < -0.3 is 15.6 Å². The zero-order chi connectivity index (χ0) is 20.0. The number of aromatic nitrogens is 3. The molecule has 0 saturated heterocycles. The van der Waals surface area contributed by atoms with Crippen LogP contribution in [0.1, 0.15) is 19.4 Å². The first kappa shape index (κ1) is 20.8.